The highest BCUT2D eigenvalue weighted by Gasteiger charge is 2.16. The molecule has 0 fully saturated rings. The molecular weight excluding hydrogens is 406 g/mol. The molecular formula is C24H23N5O3. The second-order valence-corrected chi connectivity index (χ2v) is 7.51. The highest BCUT2D eigenvalue weighted by molar-refractivity contribution is 5.77. The Kier molecular flexibility index (Phi) is 5.98. The summed E-state index contributed by atoms with van der Waals surface area (Å²) in [4.78, 5) is 25.9. The molecule has 0 saturated carbocycles. The average molecular weight is 429 g/mol. The minimum absolute atomic E-state index is 0.915. The lowest BCUT2D eigenvalue weighted by Crippen LogP contribution is -2.39. The van der Waals surface area contributed by atoms with E-state index in [1.807, 2.05) is 42.5 Å². The van der Waals surface area contributed by atoms with Crippen molar-refractivity contribution in [3.8, 4) is 0 Å². The van der Waals surface area contributed by atoms with Crippen LogP contribution in [0.5, 0.6) is 0 Å². The SMILES string of the molecule is C1=Cc2cc3ccc(cc4ccc(cc5nc(cc1n2)C=C5)[nH]4)[nH]3.CC(O)C(N)C(=O)O. The van der Waals surface area contributed by atoms with Crippen molar-refractivity contribution >= 4 is 52.3 Å². The van der Waals surface area contributed by atoms with Gasteiger partial charge in [0.25, 0.3) is 0 Å². The number of nitrogens with one attached hydrogen (secondary N) is 2. The van der Waals surface area contributed by atoms with E-state index in [4.69, 9.17) is 15.9 Å². The quantitative estimate of drug-likeness (QED) is 0.291. The zero-order chi connectivity index (χ0) is 22.7. The Balaban J connectivity index is 0.000000265. The summed E-state index contributed by atoms with van der Waals surface area (Å²) in [5.74, 6) is -1.18. The summed E-state index contributed by atoms with van der Waals surface area (Å²) in [6.45, 7) is 1.33. The molecule has 2 unspecified atom stereocenters. The van der Waals surface area contributed by atoms with Crippen LogP contribution >= 0.6 is 0 Å². The zero-order valence-corrected chi connectivity index (χ0v) is 17.4. The number of fused-ring (bicyclic) bond motifs is 8. The van der Waals surface area contributed by atoms with E-state index in [9.17, 15) is 4.79 Å². The molecule has 2 aliphatic rings. The first kappa shape index (κ1) is 21.2. The number of nitrogens with two attached hydrogens (primary N) is 1. The molecule has 2 aliphatic heterocycles. The number of rotatable bonds is 2. The number of aromatic nitrogens is 4. The summed E-state index contributed by atoms with van der Waals surface area (Å²) in [5.41, 5.74) is 12.8. The molecule has 0 radical (unpaired) electrons. The topological polar surface area (TPSA) is 141 Å². The Morgan fingerprint density at radius 3 is 1.50 bits per heavy atom. The third-order valence-corrected chi connectivity index (χ3v) is 4.85. The minimum atomic E-state index is -1.18. The van der Waals surface area contributed by atoms with Gasteiger partial charge in [-0.2, -0.15) is 0 Å². The van der Waals surface area contributed by atoms with E-state index in [0.29, 0.717) is 0 Å². The summed E-state index contributed by atoms with van der Waals surface area (Å²) in [6.07, 6.45) is 7.07. The fourth-order valence-electron chi connectivity index (χ4n) is 3.15. The molecule has 8 bridgehead atoms. The fourth-order valence-corrected chi connectivity index (χ4v) is 3.15. The van der Waals surface area contributed by atoms with Crippen LogP contribution in [0.25, 0.3) is 46.4 Å². The second kappa shape index (κ2) is 9.01. The van der Waals surface area contributed by atoms with Gasteiger partial charge >= 0.3 is 5.97 Å². The van der Waals surface area contributed by atoms with Gasteiger partial charge in [-0.1, -0.05) is 0 Å². The Hall–Kier alpha value is -4.01. The summed E-state index contributed by atoms with van der Waals surface area (Å²) in [7, 11) is 0. The molecule has 2 atom stereocenters. The average Bonchev–Trinajstić information content (AvgIpc) is 3.53. The summed E-state index contributed by atoms with van der Waals surface area (Å²) >= 11 is 0. The Morgan fingerprint density at radius 2 is 1.16 bits per heavy atom. The number of aliphatic hydroxyl groups is 1. The maximum absolute atomic E-state index is 9.86. The maximum Gasteiger partial charge on any atom is 0.323 e. The first-order valence-corrected chi connectivity index (χ1v) is 10.1. The van der Waals surface area contributed by atoms with Gasteiger partial charge in [0, 0.05) is 22.1 Å². The number of hydrogen-bond donors (Lipinski definition) is 5. The highest BCUT2D eigenvalue weighted by Crippen LogP contribution is 2.17. The van der Waals surface area contributed by atoms with Crippen LogP contribution < -0.4 is 5.73 Å². The van der Waals surface area contributed by atoms with Gasteiger partial charge in [-0.15, -0.1) is 0 Å². The van der Waals surface area contributed by atoms with Gasteiger partial charge in [-0.25, -0.2) is 9.97 Å². The predicted octanol–water partition coefficient (Wildman–Crippen LogP) is 3.43. The number of carboxylic acid groups (broad SMARTS) is 1. The van der Waals surface area contributed by atoms with Gasteiger partial charge in [0.1, 0.15) is 6.04 Å². The number of hydrogen-bond acceptors (Lipinski definition) is 5. The Bertz CT molecular complexity index is 1280. The molecule has 0 aliphatic carbocycles. The molecule has 5 heterocycles. The van der Waals surface area contributed by atoms with Crippen molar-refractivity contribution in [3.63, 3.8) is 0 Å². The van der Waals surface area contributed by atoms with Crippen molar-refractivity contribution in [1.82, 2.24) is 19.9 Å². The molecule has 8 heteroatoms. The van der Waals surface area contributed by atoms with Gasteiger partial charge in [-0.3, -0.25) is 4.79 Å². The second-order valence-electron chi connectivity index (χ2n) is 7.51. The van der Waals surface area contributed by atoms with E-state index in [2.05, 4.69) is 50.3 Å². The first-order valence-electron chi connectivity index (χ1n) is 10.1. The van der Waals surface area contributed by atoms with Crippen LogP contribution in [0.15, 0.2) is 48.5 Å². The van der Waals surface area contributed by atoms with Crippen molar-refractivity contribution in [2.75, 3.05) is 0 Å². The van der Waals surface area contributed by atoms with Crippen molar-refractivity contribution < 1.29 is 15.0 Å². The number of H-pyrrole nitrogens is 2. The predicted molar refractivity (Wildman–Crippen MR) is 126 cm³/mol. The van der Waals surface area contributed by atoms with E-state index in [-0.39, 0.29) is 0 Å². The van der Waals surface area contributed by atoms with Crippen LogP contribution in [0, 0.1) is 0 Å². The lowest BCUT2D eigenvalue weighted by atomic mass is 10.2. The summed E-state index contributed by atoms with van der Waals surface area (Å²) in [6, 6.07) is 15.2. The van der Waals surface area contributed by atoms with Gasteiger partial charge < -0.3 is 25.9 Å². The van der Waals surface area contributed by atoms with Gasteiger partial charge in [0.2, 0.25) is 0 Å². The van der Waals surface area contributed by atoms with Gasteiger partial charge in [0.05, 0.1) is 28.9 Å². The number of aliphatic hydroxyl groups excluding tert-OH is 1. The molecule has 3 aromatic rings. The molecule has 0 aromatic carbocycles. The van der Waals surface area contributed by atoms with Crippen LogP contribution in [-0.4, -0.2) is 48.3 Å². The van der Waals surface area contributed by atoms with E-state index in [0.717, 1.165) is 44.8 Å². The minimum Gasteiger partial charge on any atom is -0.480 e. The van der Waals surface area contributed by atoms with Gasteiger partial charge in [-0.05, 0) is 79.8 Å². The lowest BCUT2D eigenvalue weighted by Gasteiger charge is -2.06. The summed E-state index contributed by atoms with van der Waals surface area (Å²) in [5, 5.41) is 16.6. The van der Waals surface area contributed by atoms with Crippen LogP contribution in [0.1, 0.15) is 29.7 Å². The van der Waals surface area contributed by atoms with Crippen LogP contribution in [0.2, 0.25) is 0 Å². The Labute approximate surface area is 183 Å². The molecule has 162 valence electrons. The molecule has 0 saturated heterocycles. The number of carboxylic acids is 1. The number of carbonyl (C=O) groups is 1. The molecule has 32 heavy (non-hydrogen) atoms. The molecule has 0 amide bonds. The smallest absolute Gasteiger partial charge is 0.323 e. The third-order valence-electron chi connectivity index (χ3n) is 4.85. The Morgan fingerprint density at radius 1 is 0.781 bits per heavy atom. The van der Waals surface area contributed by atoms with E-state index in [1.54, 1.807) is 0 Å². The molecule has 8 nitrogen and oxygen atoms in total. The summed E-state index contributed by atoms with van der Waals surface area (Å²) < 4.78 is 0. The van der Waals surface area contributed by atoms with Gasteiger partial charge in [0.15, 0.2) is 0 Å². The normalized spacial score (nSPS) is 13.8. The standard InChI is InChI=1S/C20H14N4.C4H9NO3/c1-2-14-10-16-5-6-18(23-16)12-20-8-7-19(24-20)11-17-4-3-15(22-17)9-13(1)21-14;1-2(6)3(5)4(7)8/h1-12,21-22H;2-3,6H,5H2,1H3,(H,7,8). The van der Waals surface area contributed by atoms with Crippen LogP contribution in [0.4, 0.5) is 0 Å². The van der Waals surface area contributed by atoms with E-state index < -0.39 is 18.1 Å². The number of aliphatic carboxylic acids is 1. The molecule has 3 aromatic heterocycles. The molecule has 5 rings (SSSR count). The van der Waals surface area contributed by atoms with Crippen molar-refractivity contribution in [3.05, 3.63) is 71.3 Å². The lowest BCUT2D eigenvalue weighted by molar-refractivity contribution is -0.140. The van der Waals surface area contributed by atoms with Crippen molar-refractivity contribution in [2.45, 2.75) is 19.1 Å². The van der Waals surface area contributed by atoms with Crippen molar-refractivity contribution in [2.24, 2.45) is 5.73 Å². The number of nitrogens with zero attached hydrogens (tertiary/aromatic N) is 2. The highest BCUT2D eigenvalue weighted by atomic mass is 16.4. The van der Waals surface area contributed by atoms with Crippen molar-refractivity contribution in [1.29, 1.82) is 0 Å². The zero-order valence-electron chi connectivity index (χ0n) is 17.4. The van der Waals surface area contributed by atoms with E-state index >= 15 is 0 Å². The maximum atomic E-state index is 9.86. The van der Waals surface area contributed by atoms with E-state index in [1.165, 1.54) is 6.92 Å². The number of aromatic amines is 2. The fraction of sp³-hybridized carbons (Fsp3) is 0.125. The molecule has 0 spiro atoms. The molecule has 6 N–H and O–H groups in total. The first-order chi connectivity index (χ1) is 15.4. The van der Waals surface area contributed by atoms with Crippen LogP contribution in [-0.2, 0) is 4.79 Å². The monoisotopic (exact) mass is 429 g/mol. The largest absolute Gasteiger partial charge is 0.480 e. The van der Waals surface area contributed by atoms with Crippen LogP contribution in [0.3, 0.4) is 0 Å². The third kappa shape index (κ3) is 5.18.